The second kappa shape index (κ2) is 8.36. The van der Waals surface area contributed by atoms with E-state index in [4.69, 9.17) is 4.74 Å². The molecule has 1 fully saturated rings. The first kappa shape index (κ1) is 20.2. The monoisotopic (exact) mass is 468 g/mol. The van der Waals surface area contributed by atoms with Crippen molar-refractivity contribution in [2.45, 2.75) is 31.7 Å². The number of anilines is 1. The normalized spacial score (nSPS) is 18.7. The Morgan fingerprint density at radius 2 is 2.03 bits per heavy atom. The van der Waals surface area contributed by atoms with E-state index in [0.29, 0.717) is 29.8 Å². The molecule has 30 heavy (non-hydrogen) atoms. The summed E-state index contributed by atoms with van der Waals surface area (Å²) < 4.78 is 7.82. The first-order valence-electron chi connectivity index (χ1n) is 9.79. The standard InChI is InChI=1S/C22H21BrN4O3/c1-30-19-10-7-15(11-14(19)12-24)25-21(28)13-5-8-16(9-6-13)27-18-4-2-3-17(23)20(18)26-22(27)29/h2-4,7,10-11,13,16H,5-6,8-9H2,1H3,(H,25,28)(H,26,29). The predicted molar refractivity (Wildman–Crippen MR) is 118 cm³/mol. The van der Waals surface area contributed by atoms with Gasteiger partial charge in [-0.1, -0.05) is 6.07 Å². The molecule has 2 aromatic carbocycles. The highest BCUT2D eigenvalue weighted by molar-refractivity contribution is 9.10. The summed E-state index contributed by atoms with van der Waals surface area (Å²) >= 11 is 3.48. The molecule has 0 bridgehead atoms. The third-order valence-electron chi connectivity index (χ3n) is 5.72. The molecule has 0 saturated heterocycles. The third-order valence-corrected chi connectivity index (χ3v) is 6.38. The Morgan fingerprint density at radius 3 is 2.73 bits per heavy atom. The van der Waals surface area contributed by atoms with E-state index in [2.05, 4.69) is 32.3 Å². The smallest absolute Gasteiger partial charge is 0.326 e. The highest BCUT2D eigenvalue weighted by atomic mass is 79.9. The fraction of sp³-hybridized carbons (Fsp3) is 0.318. The fourth-order valence-electron chi connectivity index (χ4n) is 4.19. The van der Waals surface area contributed by atoms with Gasteiger partial charge in [0, 0.05) is 22.1 Å². The van der Waals surface area contributed by atoms with Gasteiger partial charge in [0.25, 0.3) is 0 Å². The van der Waals surface area contributed by atoms with Crippen LogP contribution in [0.1, 0.15) is 37.3 Å². The van der Waals surface area contributed by atoms with Gasteiger partial charge in [0.15, 0.2) is 0 Å². The first-order valence-corrected chi connectivity index (χ1v) is 10.6. The summed E-state index contributed by atoms with van der Waals surface area (Å²) in [5.41, 5.74) is 2.52. The van der Waals surface area contributed by atoms with Crippen LogP contribution in [0.4, 0.5) is 5.69 Å². The van der Waals surface area contributed by atoms with E-state index in [1.165, 1.54) is 7.11 Å². The summed E-state index contributed by atoms with van der Waals surface area (Å²) in [5.74, 6) is 0.296. The van der Waals surface area contributed by atoms with Crippen molar-refractivity contribution in [2.75, 3.05) is 12.4 Å². The minimum atomic E-state index is -0.124. The van der Waals surface area contributed by atoms with Crippen LogP contribution in [0, 0.1) is 17.2 Å². The van der Waals surface area contributed by atoms with Gasteiger partial charge in [-0.05, 0) is 71.9 Å². The van der Waals surface area contributed by atoms with E-state index < -0.39 is 0 Å². The number of rotatable bonds is 4. The third kappa shape index (κ3) is 3.73. The van der Waals surface area contributed by atoms with Crippen LogP contribution in [-0.4, -0.2) is 22.6 Å². The van der Waals surface area contributed by atoms with Crippen LogP contribution in [-0.2, 0) is 4.79 Å². The van der Waals surface area contributed by atoms with Crippen molar-refractivity contribution in [3.8, 4) is 11.8 Å². The number of para-hydroxylation sites is 1. The van der Waals surface area contributed by atoms with E-state index in [9.17, 15) is 14.9 Å². The molecule has 1 amide bonds. The molecule has 1 heterocycles. The molecule has 0 unspecified atom stereocenters. The van der Waals surface area contributed by atoms with Crippen molar-refractivity contribution in [1.29, 1.82) is 5.26 Å². The summed E-state index contributed by atoms with van der Waals surface area (Å²) in [7, 11) is 1.50. The summed E-state index contributed by atoms with van der Waals surface area (Å²) in [5, 5.41) is 12.1. The SMILES string of the molecule is COc1ccc(NC(=O)C2CCC(n3c(=O)[nH]c4c(Br)cccc43)CC2)cc1C#N. The van der Waals surface area contributed by atoms with Crippen LogP contribution in [0.15, 0.2) is 45.7 Å². The molecule has 1 saturated carbocycles. The lowest BCUT2D eigenvalue weighted by molar-refractivity contribution is -0.121. The van der Waals surface area contributed by atoms with Crippen molar-refractivity contribution < 1.29 is 9.53 Å². The molecular formula is C22H21BrN4O3. The number of ether oxygens (including phenoxy) is 1. The number of imidazole rings is 1. The lowest BCUT2D eigenvalue weighted by Crippen LogP contribution is -2.31. The second-order valence-corrected chi connectivity index (χ2v) is 8.31. The largest absolute Gasteiger partial charge is 0.495 e. The van der Waals surface area contributed by atoms with Crippen molar-refractivity contribution >= 4 is 38.6 Å². The van der Waals surface area contributed by atoms with Crippen LogP contribution >= 0.6 is 15.9 Å². The molecule has 0 atom stereocenters. The molecule has 3 aromatic rings. The maximum Gasteiger partial charge on any atom is 0.326 e. The molecule has 0 radical (unpaired) electrons. The number of nitriles is 1. The molecule has 2 N–H and O–H groups in total. The zero-order valence-corrected chi connectivity index (χ0v) is 18.0. The second-order valence-electron chi connectivity index (χ2n) is 7.46. The fourth-order valence-corrected chi connectivity index (χ4v) is 4.64. The van der Waals surface area contributed by atoms with E-state index >= 15 is 0 Å². The number of halogens is 1. The van der Waals surface area contributed by atoms with Crippen molar-refractivity contribution in [3.63, 3.8) is 0 Å². The van der Waals surface area contributed by atoms with E-state index in [1.54, 1.807) is 18.2 Å². The number of carbonyl (C=O) groups excluding carboxylic acids is 1. The number of aromatic nitrogens is 2. The maximum absolute atomic E-state index is 12.7. The Kier molecular flexibility index (Phi) is 5.64. The lowest BCUT2D eigenvalue weighted by Gasteiger charge is -2.28. The predicted octanol–water partition coefficient (Wildman–Crippen LogP) is 4.34. The first-order chi connectivity index (χ1) is 14.5. The average molecular weight is 469 g/mol. The molecule has 0 spiro atoms. The summed E-state index contributed by atoms with van der Waals surface area (Å²) in [4.78, 5) is 28.2. The molecule has 1 aromatic heterocycles. The van der Waals surface area contributed by atoms with Crippen LogP contribution in [0.5, 0.6) is 5.75 Å². The van der Waals surface area contributed by atoms with Crippen molar-refractivity contribution in [3.05, 3.63) is 56.9 Å². The molecule has 1 aliphatic rings. The van der Waals surface area contributed by atoms with Crippen molar-refractivity contribution in [1.82, 2.24) is 9.55 Å². The Bertz CT molecular complexity index is 1200. The van der Waals surface area contributed by atoms with Gasteiger partial charge in [0.1, 0.15) is 11.8 Å². The van der Waals surface area contributed by atoms with Crippen LogP contribution in [0.2, 0.25) is 0 Å². The Morgan fingerprint density at radius 1 is 1.27 bits per heavy atom. The molecule has 0 aliphatic heterocycles. The van der Waals surface area contributed by atoms with Gasteiger partial charge in [0.2, 0.25) is 5.91 Å². The minimum Gasteiger partial charge on any atom is -0.495 e. The van der Waals surface area contributed by atoms with Gasteiger partial charge in [-0.2, -0.15) is 5.26 Å². The molecule has 154 valence electrons. The Balaban J connectivity index is 1.45. The topological polar surface area (TPSA) is 99.9 Å². The average Bonchev–Trinajstić information content (AvgIpc) is 3.11. The number of hydrogen-bond acceptors (Lipinski definition) is 4. The quantitative estimate of drug-likeness (QED) is 0.594. The number of methoxy groups -OCH3 is 1. The number of benzene rings is 2. The lowest BCUT2D eigenvalue weighted by atomic mass is 9.85. The Labute approximate surface area is 181 Å². The Hall–Kier alpha value is -3.05. The van der Waals surface area contributed by atoms with Gasteiger partial charge in [-0.3, -0.25) is 9.36 Å². The molecule has 4 rings (SSSR count). The zero-order valence-electron chi connectivity index (χ0n) is 16.4. The van der Waals surface area contributed by atoms with Crippen LogP contribution in [0.3, 0.4) is 0 Å². The van der Waals surface area contributed by atoms with E-state index in [0.717, 1.165) is 28.3 Å². The van der Waals surface area contributed by atoms with Gasteiger partial charge in [-0.15, -0.1) is 0 Å². The number of hydrogen-bond donors (Lipinski definition) is 2. The number of carbonyl (C=O) groups is 1. The van der Waals surface area contributed by atoms with E-state index in [-0.39, 0.29) is 23.6 Å². The van der Waals surface area contributed by atoms with Gasteiger partial charge in [0.05, 0.1) is 23.7 Å². The molecule has 7 nitrogen and oxygen atoms in total. The van der Waals surface area contributed by atoms with Gasteiger partial charge < -0.3 is 15.0 Å². The number of H-pyrrole nitrogens is 1. The molecular weight excluding hydrogens is 448 g/mol. The van der Waals surface area contributed by atoms with Gasteiger partial charge >= 0.3 is 5.69 Å². The highest BCUT2D eigenvalue weighted by Gasteiger charge is 2.29. The number of fused-ring (bicyclic) bond motifs is 1. The number of aromatic amines is 1. The van der Waals surface area contributed by atoms with Crippen LogP contribution in [0.25, 0.3) is 11.0 Å². The minimum absolute atomic E-state index is 0.0588. The molecule has 1 aliphatic carbocycles. The maximum atomic E-state index is 12.7. The highest BCUT2D eigenvalue weighted by Crippen LogP contribution is 2.34. The number of nitrogens with zero attached hydrogens (tertiary/aromatic N) is 2. The number of amides is 1. The summed E-state index contributed by atoms with van der Waals surface area (Å²) in [6.45, 7) is 0. The number of nitrogens with one attached hydrogen (secondary N) is 2. The van der Waals surface area contributed by atoms with Gasteiger partial charge in [-0.25, -0.2) is 4.79 Å². The summed E-state index contributed by atoms with van der Waals surface area (Å²) in [6.07, 6.45) is 2.91. The molecule has 8 heteroatoms. The zero-order chi connectivity index (χ0) is 21.3. The van der Waals surface area contributed by atoms with E-state index in [1.807, 2.05) is 22.8 Å². The van der Waals surface area contributed by atoms with Crippen LogP contribution < -0.4 is 15.7 Å². The summed E-state index contributed by atoms with van der Waals surface area (Å²) in [6, 6.07) is 12.9. The van der Waals surface area contributed by atoms with Crippen molar-refractivity contribution in [2.24, 2.45) is 5.92 Å².